The number of aromatic nitrogens is 1. The van der Waals surface area contributed by atoms with E-state index >= 15 is 0 Å². The Morgan fingerprint density at radius 1 is 0.696 bits per heavy atom. The summed E-state index contributed by atoms with van der Waals surface area (Å²) in [6, 6.07) is 28.1. The predicted octanol–water partition coefficient (Wildman–Crippen LogP) is 5.66. The summed E-state index contributed by atoms with van der Waals surface area (Å²) >= 11 is 0. The number of aryl methyl sites for hydroxylation is 1. The third kappa shape index (κ3) is 2.55. The average molecular weight is 297 g/mol. The van der Waals surface area contributed by atoms with E-state index in [1.54, 1.807) is 0 Å². The molecule has 0 aliphatic carbocycles. The van der Waals surface area contributed by atoms with Gasteiger partial charge >= 0.3 is 0 Å². The van der Waals surface area contributed by atoms with E-state index < -0.39 is 0 Å². The van der Waals surface area contributed by atoms with Crippen LogP contribution in [0, 0.1) is 6.92 Å². The average Bonchev–Trinajstić information content (AvgIpc) is 3.02. The fourth-order valence-corrected chi connectivity index (χ4v) is 3.29. The standard InChI is InChI=1S/C22H19N/c1-16-11-13-18(14-12-16)22(17-7-3-2-4-8-17)20-15-23-21-10-6-5-9-19(20)21/h2-15,22-23H,1H3. The van der Waals surface area contributed by atoms with Crippen molar-refractivity contribution in [2.24, 2.45) is 0 Å². The maximum Gasteiger partial charge on any atom is 0.0457 e. The van der Waals surface area contributed by atoms with Gasteiger partial charge in [0.2, 0.25) is 0 Å². The summed E-state index contributed by atoms with van der Waals surface area (Å²) < 4.78 is 0. The third-order valence-electron chi connectivity index (χ3n) is 4.48. The van der Waals surface area contributed by atoms with Crippen LogP contribution in [-0.2, 0) is 0 Å². The van der Waals surface area contributed by atoms with E-state index in [9.17, 15) is 0 Å². The van der Waals surface area contributed by atoms with E-state index in [1.807, 2.05) is 0 Å². The van der Waals surface area contributed by atoms with Crippen LogP contribution in [-0.4, -0.2) is 4.98 Å². The maximum absolute atomic E-state index is 3.42. The largest absolute Gasteiger partial charge is 0.361 e. The molecular formula is C22H19N. The Labute approximate surface area is 136 Å². The highest BCUT2D eigenvalue weighted by molar-refractivity contribution is 5.84. The van der Waals surface area contributed by atoms with Crippen molar-refractivity contribution in [1.82, 2.24) is 4.98 Å². The quantitative estimate of drug-likeness (QED) is 0.502. The van der Waals surface area contributed by atoms with Crippen LogP contribution < -0.4 is 0 Å². The van der Waals surface area contributed by atoms with Crippen molar-refractivity contribution >= 4 is 10.9 Å². The van der Waals surface area contributed by atoms with Crippen molar-refractivity contribution in [1.29, 1.82) is 0 Å². The Morgan fingerprint density at radius 2 is 1.35 bits per heavy atom. The van der Waals surface area contributed by atoms with E-state index in [0.29, 0.717) is 0 Å². The monoisotopic (exact) mass is 297 g/mol. The number of aromatic amines is 1. The second kappa shape index (κ2) is 5.77. The number of nitrogens with one attached hydrogen (secondary N) is 1. The summed E-state index contributed by atoms with van der Waals surface area (Å²) in [6.07, 6.45) is 2.15. The minimum atomic E-state index is 0.243. The first-order valence-electron chi connectivity index (χ1n) is 8.00. The van der Waals surface area contributed by atoms with Gasteiger partial charge < -0.3 is 4.98 Å². The Balaban J connectivity index is 1.94. The number of hydrogen-bond donors (Lipinski definition) is 1. The lowest BCUT2D eigenvalue weighted by Crippen LogP contribution is -2.02. The molecule has 0 saturated carbocycles. The van der Waals surface area contributed by atoms with Gasteiger partial charge in [-0.15, -0.1) is 0 Å². The van der Waals surface area contributed by atoms with Crippen LogP contribution in [0.4, 0.5) is 0 Å². The minimum absolute atomic E-state index is 0.243. The molecule has 1 aromatic heterocycles. The van der Waals surface area contributed by atoms with Crippen molar-refractivity contribution in [3.05, 3.63) is 107 Å². The van der Waals surface area contributed by atoms with Crippen molar-refractivity contribution in [2.45, 2.75) is 12.8 Å². The molecule has 112 valence electrons. The van der Waals surface area contributed by atoms with Crippen molar-refractivity contribution in [3.63, 3.8) is 0 Å². The van der Waals surface area contributed by atoms with Crippen LogP contribution in [0.25, 0.3) is 10.9 Å². The molecule has 0 radical (unpaired) electrons. The van der Waals surface area contributed by atoms with Gasteiger partial charge in [-0.1, -0.05) is 78.4 Å². The number of fused-ring (bicyclic) bond motifs is 1. The molecular weight excluding hydrogens is 278 g/mol. The summed E-state index contributed by atoms with van der Waals surface area (Å²) in [5.41, 5.74) is 6.46. The molecule has 1 N–H and O–H groups in total. The van der Waals surface area contributed by atoms with Crippen molar-refractivity contribution in [2.75, 3.05) is 0 Å². The van der Waals surface area contributed by atoms with Gasteiger partial charge in [0, 0.05) is 23.0 Å². The van der Waals surface area contributed by atoms with Crippen LogP contribution in [0.5, 0.6) is 0 Å². The van der Waals surface area contributed by atoms with Gasteiger partial charge in [0.15, 0.2) is 0 Å². The number of para-hydroxylation sites is 1. The lowest BCUT2D eigenvalue weighted by Gasteiger charge is -2.18. The second-order valence-corrected chi connectivity index (χ2v) is 6.04. The summed E-state index contributed by atoms with van der Waals surface area (Å²) in [5, 5.41) is 1.29. The van der Waals surface area contributed by atoms with Crippen molar-refractivity contribution < 1.29 is 0 Å². The number of hydrogen-bond acceptors (Lipinski definition) is 0. The molecule has 0 amide bonds. The molecule has 0 saturated heterocycles. The first-order chi connectivity index (χ1) is 11.3. The molecule has 1 heterocycles. The molecule has 1 atom stereocenters. The van der Waals surface area contributed by atoms with Gasteiger partial charge in [0.05, 0.1) is 0 Å². The maximum atomic E-state index is 3.42. The topological polar surface area (TPSA) is 15.8 Å². The number of H-pyrrole nitrogens is 1. The first-order valence-corrected chi connectivity index (χ1v) is 8.00. The number of benzene rings is 3. The minimum Gasteiger partial charge on any atom is -0.361 e. The molecule has 3 aromatic carbocycles. The van der Waals surface area contributed by atoms with Gasteiger partial charge in [-0.25, -0.2) is 0 Å². The molecule has 4 rings (SSSR count). The summed E-state index contributed by atoms with van der Waals surface area (Å²) in [5.74, 6) is 0.243. The van der Waals surface area contributed by atoms with Gasteiger partial charge in [-0.3, -0.25) is 0 Å². The number of rotatable bonds is 3. The fourth-order valence-electron chi connectivity index (χ4n) is 3.29. The normalized spacial score (nSPS) is 12.4. The molecule has 23 heavy (non-hydrogen) atoms. The van der Waals surface area contributed by atoms with Gasteiger partial charge in [-0.05, 0) is 29.7 Å². The zero-order valence-corrected chi connectivity index (χ0v) is 13.2. The van der Waals surface area contributed by atoms with Crippen LogP contribution in [0.3, 0.4) is 0 Å². The Bertz CT molecular complexity index is 917. The predicted molar refractivity (Wildman–Crippen MR) is 96.9 cm³/mol. The highest BCUT2D eigenvalue weighted by atomic mass is 14.7. The van der Waals surface area contributed by atoms with Crippen LogP contribution >= 0.6 is 0 Å². The van der Waals surface area contributed by atoms with Gasteiger partial charge in [-0.2, -0.15) is 0 Å². The van der Waals surface area contributed by atoms with Gasteiger partial charge in [0.1, 0.15) is 0 Å². The molecule has 1 unspecified atom stereocenters. The smallest absolute Gasteiger partial charge is 0.0457 e. The lowest BCUT2D eigenvalue weighted by atomic mass is 9.85. The zero-order valence-electron chi connectivity index (χ0n) is 13.2. The Morgan fingerprint density at radius 3 is 2.13 bits per heavy atom. The van der Waals surface area contributed by atoms with E-state index in [-0.39, 0.29) is 5.92 Å². The highest BCUT2D eigenvalue weighted by Gasteiger charge is 2.19. The Kier molecular flexibility index (Phi) is 3.47. The first kappa shape index (κ1) is 13.8. The Hall–Kier alpha value is -2.80. The highest BCUT2D eigenvalue weighted by Crippen LogP contribution is 2.36. The molecule has 0 bridgehead atoms. The zero-order chi connectivity index (χ0) is 15.6. The lowest BCUT2D eigenvalue weighted by molar-refractivity contribution is 0.986. The van der Waals surface area contributed by atoms with Crippen LogP contribution in [0.1, 0.15) is 28.2 Å². The van der Waals surface area contributed by atoms with Crippen molar-refractivity contribution in [3.8, 4) is 0 Å². The molecule has 0 aliphatic heterocycles. The second-order valence-electron chi connectivity index (χ2n) is 6.04. The molecule has 0 spiro atoms. The van der Waals surface area contributed by atoms with E-state index in [2.05, 4.69) is 97.0 Å². The van der Waals surface area contributed by atoms with E-state index in [4.69, 9.17) is 0 Å². The van der Waals surface area contributed by atoms with Gasteiger partial charge in [0.25, 0.3) is 0 Å². The fraction of sp³-hybridized carbons (Fsp3) is 0.0909. The molecule has 0 aliphatic rings. The SMILES string of the molecule is Cc1ccc(C(c2ccccc2)c2c[nH]c3ccccc23)cc1. The summed E-state index contributed by atoms with van der Waals surface area (Å²) in [4.78, 5) is 3.42. The third-order valence-corrected chi connectivity index (χ3v) is 4.48. The van der Waals surface area contributed by atoms with Crippen LogP contribution in [0.15, 0.2) is 85.1 Å². The molecule has 1 heteroatoms. The molecule has 0 fully saturated rings. The van der Waals surface area contributed by atoms with E-state index in [0.717, 1.165) is 0 Å². The molecule has 1 nitrogen and oxygen atoms in total. The molecule has 4 aromatic rings. The summed E-state index contributed by atoms with van der Waals surface area (Å²) in [7, 11) is 0. The van der Waals surface area contributed by atoms with Crippen LogP contribution in [0.2, 0.25) is 0 Å². The van der Waals surface area contributed by atoms with E-state index in [1.165, 1.54) is 33.2 Å². The summed E-state index contributed by atoms with van der Waals surface area (Å²) in [6.45, 7) is 2.13.